The molecule has 0 heterocycles. The third-order valence-corrected chi connectivity index (χ3v) is 2.69. The molecule has 0 aromatic heterocycles. The minimum Gasteiger partial charge on any atom is -0.480 e. The highest BCUT2D eigenvalue weighted by Crippen LogP contribution is 2.17. The van der Waals surface area contributed by atoms with Gasteiger partial charge in [-0.05, 0) is 43.0 Å². The number of carboxylic acid groups (broad SMARTS) is 1. The van der Waals surface area contributed by atoms with E-state index in [2.05, 4.69) is 11.4 Å². The molecule has 0 amide bonds. The van der Waals surface area contributed by atoms with Crippen molar-refractivity contribution in [3.8, 4) is 6.07 Å². The molecule has 96 valence electrons. The van der Waals surface area contributed by atoms with Gasteiger partial charge in [0, 0.05) is 5.69 Å². The molecule has 1 aromatic carbocycles. The number of hydrogen-bond acceptors (Lipinski definition) is 3. The first-order valence-corrected chi connectivity index (χ1v) is 5.94. The molecule has 0 aliphatic rings. The van der Waals surface area contributed by atoms with Crippen LogP contribution in [0.5, 0.6) is 0 Å². The quantitative estimate of drug-likeness (QED) is 0.837. The number of rotatable bonds is 5. The first kappa shape index (κ1) is 14.0. The van der Waals surface area contributed by atoms with Crippen LogP contribution in [0.4, 0.5) is 5.69 Å². The average Bonchev–Trinajstić information content (AvgIpc) is 2.27. The van der Waals surface area contributed by atoms with Gasteiger partial charge in [-0.15, -0.1) is 0 Å². The molecule has 0 bridgehead atoms. The molecule has 18 heavy (non-hydrogen) atoms. The van der Waals surface area contributed by atoms with Crippen molar-refractivity contribution in [2.45, 2.75) is 33.2 Å². The van der Waals surface area contributed by atoms with Gasteiger partial charge in [-0.1, -0.05) is 13.8 Å². The zero-order chi connectivity index (χ0) is 13.7. The van der Waals surface area contributed by atoms with Gasteiger partial charge in [0.15, 0.2) is 0 Å². The van der Waals surface area contributed by atoms with Gasteiger partial charge >= 0.3 is 5.97 Å². The van der Waals surface area contributed by atoms with E-state index in [9.17, 15) is 4.79 Å². The summed E-state index contributed by atoms with van der Waals surface area (Å²) in [5.74, 6) is -0.552. The van der Waals surface area contributed by atoms with Crippen molar-refractivity contribution in [1.82, 2.24) is 0 Å². The van der Waals surface area contributed by atoms with Crippen molar-refractivity contribution >= 4 is 11.7 Å². The van der Waals surface area contributed by atoms with Crippen molar-refractivity contribution in [2.75, 3.05) is 5.32 Å². The van der Waals surface area contributed by atoms with E-state index in [4.69, 9.17) is 10.4 Å². The Morgan fingerprint density at radius 2 is 2.17 bits per heavy atom. The van der Waals surface area contributed by atoms with Crippen LogP contribution in [0.15, 0.2) is 18.2 Å². The van der Waals surface area contributed by atoms with Crippen LogP contribution in [0.1, 0.15) is 31.4 Å². The third kappa shape index (κ3) is 3.77. The van der Waals surface area contributed by atoms with Gasteiger partial charge in [-0.2, -0.15) is 5.26 Å². The van der Waals surface area contributed by atoms with Crippen molar-refractivity contribution < 1.29 is 9.90 Å². The number of carbonyl (C=O) groups is 1. The number of benzene rings is 1. The maximum Gasteiger partial charge on any atom is 0.326 e. The van der Waals surface area contributed by atoms with E-state index in [1.54, 1.807) is 18.2 Å². The van der Waals surface area contributed by atoms with Crippen molar-refractivity contribution in [1.29, 1.82) is 5.26 Å². The van der Waals surface area contributed by atoms with E-state index in [1.165, 1.54) is 0 Å². The summed E-state index contributed by atoms with van der Waals surface area (Å²) in [7, 11) is 0. The van der Waals surface area contributed by atoms with E-state index in [-0.39, 0.29) is 0 Å². The number of carboxylic acids is 1. The first-order chi connectivity index (χ1) is 8.43. The summed E-state index contributed by atoms with van der Waals surface area (Å²) in [4.78, 5) is 11.1. The summed E-state index contributed by atoms with van der Waals surface area (Å²) in [5, 5.41) is 21.0. The predicted octanol–water partition coefficient (Wildman–Crippen LogP) is 2.78. The fraction of sp³-hybridized carbons (Fsp3) is 0.429. The Morgan fingerprint density at radius 1 is 1.50 bits per heavy atom. The van der Waals surface area contributed by atoms with Crippen LogP contribution in [-0.4, -0.2) is 17.1 Å². The zero-order valence-corrected chi connectivity index (χ0v) is 10.9. The van der Waals surface area contributed by atoms with Gasteiger partial charge in [-0.25, -0.2) is 4.79 Å². The molecular formula is C14H18N2O2. The van der Waals surface area contributed by atoms with Crippen LogP contribution in [-0.2, 0) is 4.79 Å². The fourth-order valence-corrected chi connectivity index (χ4v) is 1.77. The van der Waals surface area contributed by atoms with Gasteiger partial charge in [0.2, 0.25) is 0 Å². The lowest BCUT2D eigenvalue weighted by Crippen LogP contribution is -2.30. The van der Waals surface area contributed by atoms with Gasteiger partial charge < -0.3 is 10.4 Å². The summed E-state index contributed by atoms with van der Waals surface area (Å²) >= 11 is 0. The standard InChI is InChI=1S/C14H18N2O2/c1-9(2)6-13(14(17)18)16-12-5-4-11(8-15)10(3)7-12/h4-5,7,9,13,16H,6H2,1-3H3,(H,17,18). The number of anilines is 1. The van der Waals surface area contributed by atoms with Crippen LogP contribution in [0.3, 0.4) is 0 Å². The molecule has 0 radical (unpaired) electrons. The van der Waals surface area contributed by atoms with Crippen molar-refractivity contribution in [2.24, 2.45) is 5.92 Å². The second kappa shape index (κ2) is 6.06. The molecule has 1 atom stereocenters. The van der Waals surface area contributed by atoms with Crippen LogP contribution in [0.2, 0.25) is 0 Å². The molecule has 1 rings (SSSR count). The SMILES string of the molecule is Cc1cc(NC(CC(C)C)C(=O)O)ccc1C#N. The van der Waals surface area contributed by atoms with Gasteiger partial charge in [0.25, 0.3) is 0 Å². The zero-order valence-electron chi connectivity index (χ0n) is 10.9. The molecule has 1 unspecified atom stereocenters. The fourth-order valence-electron chi connectivity index (χ4n) is 1.77. The molecule has 0 fully saturated rings. The highest BCUT2D eigenvalue weighted by Gasteiger charge is 2.18. The molecule has 4 nitrogen and oxygen atoms in total. The van der Waals surface area contributed by atoms with Crippen LogP contribution < -0.4 is 5.32 Å². The number of nitrogens with zero attached hydrogens (tertiary/aromatic N) is 1. The monoisotopic (exact) mass is 246 g/mol. The molecule has 0 aliphatic carbocycles. The summed E-state index contributed by atoms with van der Waals surface area (Å²) in [6.07, 6.45) is 0.564. The van der Waals surface area contributed by atoms with Crippen LogP contribution >= 0.6 is 0 Å². The largest absolute Gasteiger partial charge is 0.480 e. The normalized spacial score (nSPS) is 11.9. The molecule has 1 aromatic rings. The Bertz CT molecular complexity index is 475. The molecule has 0 spiro atoms. The first-order valence-electron chi connectivity index (χ1n) is 5.94. The van der Waals surface area contributed by atoms with Gasteiger partial charge in [-0.3, -0.25) is 0 Å². The lowest BCUT2D eigenvalue weighted by molar-refractivity contribution is -0.138. The second-order valence-electron chi connectivity index (χ2n) is 4.81. The minimum atomic E-state index is -0.856. The Morgan fingerprint density at radius 3 is 2.61 bits per heavy atom. The van der Waals surface area contributed by atoms with Gasteiger partial charge in [0.1, 0.15) is 6.04 Å². The maximum atomic E-state index is 11.1. The lowest BCUT2D eigenvalue weighted by Gasteiger charge is -2.18. The average molecular weight is 246 g/mol. The lowest BCUT2D eigenvalue weighted by atomic mass is 10.0. The second-order valence-corrected chi connectivity index (χ2v) is 4.81. The molecular weight excluding hydrogens is 228 g/mol. The number of aryl methyl sites for hydroxylation is 1. The predicted molar refractivity (Wildman–Crippen MR) is 70.4 cm³/mol. The third-order valence-electron chi connectivity index (χ3n) is 2.69. The molecule has 4 heteroatoms. The smallest absolute Gasteiger partial charge is 0.326 e. The van der Waals surface area contributed by atoms with Gasteiger partial charge in [0.05, 0.1) is 11.6 Å². The summed E-state index contributed by atoms with van der Waals surface area (Å²) < 4.78 is 0. The molecule has 0 saturated carbocycles. The molecule has 0 saturated heterocycles. The van der Waals surface area contributed by atoms with E-state index in [1.807, 2.05) is 20.8 Å². The Hall–Kier alpha value is -2.02. The summed E-state index contributed by atoms with van der Waals surface area (Å²) in [6.45, 7) is 5.81. The highest BCUT2D eigenvalue weighted by molar-refractivity contribution is 5.77. The molecule has 0 aliphatic heterocycles. The van der Waals surface area contributed by atoms with Crippen LogP contribution in [0, 0.1) is 24.2 Å². The topological polar surface area (TPSA) is 73.1 Å². The number of aliphatic carboxylic acids is 1. The van der Waals surface area contributed by atoms with E-state index < -0.39 is 12.0 Å². The highest BCUT2D eigenvalue weighted by atomic mass is 16.4. The van der Waals surface area contributed by atoms with E-state index in [0.717, 1.165) is 11.3 Å². The Kier molecular flexibility index (Phi) is 4.73. The van der Waals surface area contributed by atoms with Crippen molar-refractivity contribution in [3.05, 3.63) is 29.3 Å². The summed E-state index contributed by atoms with van der Waals surface area (Å²) in [5.41, 5.74) is 2.19. The number of nitriles is 1. The summed E-state index contributed by atoms with van der Waals surface area (Å²) in [6, 6.07) is 6.73. The van der Waals surface area contributed by atoms with Crippen molar-refractivity contribution in [3.63, 3.8) is 0 Å². The maximum absolute atomic E-state index is 11.1. The van der Waals surface area contributed by atoms with E-state index >= 15 is 0 Å². The minimum absolute atomic E-state index is 0.304. The van der Waals surface area contributed by atoms with E-state index in [0.29, 0.717) is 17.9 Å². The number of hydrogen-bond donors (Lipinski definition) is 2. The molecule has 2 N–H and O–H groups in total. The number of nitrogens with one attached hydrogen (secondary N) is 1. The van der Waals surface area contributed by atoms with Crippen LogP contribution in [0.25, 0.3) is 0 Å². The Labute approximate surface area is 107 Å². The Balaban J connectivity index is 2.85.